The summed E-state index contributed by atoms with van der Waals surface area (Å²) in [6.45, 7) is 4.10. The molecule has 0 unspecified atom stereocenters. The summed E-state index contributed by atoms with van der Waals surface area (Å²) in [7, 11) is -3.53. The third kappa shape index (κ3) is 4.20. The number of amides is 1. The number of nitrogens with zero attached hydrogens (tertiary/aromatic N) is 2. The number of hydrogen-bond acceptors (Lipinski definition) is 4. The van der Waals surface area contributed by atoms with Crippen molar-refractivity contribution in [3.05, 3.63) is 24.3 Å². The van der Waals surface area contributed by atoms with Crippen LogP contribution in [-0.4, -0.2) is 56.3 Å². The van der Waals surface area contributed by atoms with E-state index in [1.807, 2.05) is 11.8 Å². The largest absolute Gasteiger partial charge is 0.494 e. The molecule has 0 aromatic heterocycles. The van der Waals surface area contributed by atoms with E-state index in [-0.39, 0.29) is 16.7 Å². The Balaban J connectivity index is 1.60. The lowest BCUT2D eigenvalue weighted by molar-refractivity contribution is -0.137. The molecular weight excluding hydrogens is 352 g/mol. The monoisotopic (exact) mass is 380 g/mol. The number of piperazine rings is 1. The van der Waals surface area contributed by atoms with Gasteiger partial charge in [0.2, 0.25) is 15.9 Å². The van der Waals surface area contributed by atoms with Crippen molar-refractivity contribution >= 4 is 15.9 Å². The molecule has 0 spiro atoms. The summed E-state index contributed by atoms with van der Waals surface area (Å²) in [5, 5.41) is 0. The van der Waals surface area contributed by atoms with Gasteiger partial charge >= 0.3 is 0 Å². The number of sulfonamides is 1. The van der Waals surface area contributed by atoms with Crippen LogP contribution in [0.3, 0.4) is 0 Å². The van der Waals surface area contributed by atoms with Crippen LogP contribution in [0.15, 0.2) is 29.2 Å². The van der Waals surface area contributed by atoms with Crippen molar-refractivity contribution in [3.8, 4) is 5.75 Å². The summed E-state index contributed by atoms with van der Waals surface area (Å²) in [5.74, 6) is 1.01. The molecule has 0 bridgehead atoms. The van der Waals surface area contributed by atoms with Crippen molar-refractivity contribution in [1.29, 1.82) is 0 Å². The Bertz CT molecular complexity index is 704. The molecule has 0 N–H and O–H groups in total. The fourth-order valence-electron chi connectivity index (χ4n) is 3.78. The van der Waals surface area contributed by atoms with E-state index >= 15 is 0 Å². The van der Waals surface area contributed by atoms with Crippen LogP contribution >= 0.6 is 0 Å². The molecule has 1 aromatic rings. The average Bonchev–Trinajstić information content (AvgIpc) is 2.69. The van der Waals surface area contributed by atoms with Gasteiger partial charge in [-0.25, -0.2) is 8.42 Å². The lowest BCUT2D eigenvalue weighted by Gasteiger charge is -2.36. The smallest absolute Gasteiger partial charge is 0.243 e. The van der Waals surface area contributed by atoms with Gasteiger partial charge in [-0.15, -0.1) is 0 Å². The molecular formula is C19H28N2O4S. The summed E-state index contributed by atoms with van der Waals surface area (Å²) >= 11 is 0. The first-order valence-corrected chi connectivity index (χ1v) is 11.0. The Labute approximate surface area is 156 Å². The van der Waals surface area contributed by atoms with Gasteiger partial charge in [0, 0.05) is 32.1 Å². The van der Waals surface area contributed by atoms with Gasteiger partial charge in [-0.05, 0) is 44.0 Å². The second kappa shape index (κ2) is 8.39. The summed E-state index contributed by atoms with van der Waals surface area (Å²) in [4.78, 5) is 14.7. The Hall–Kier alpha value is -1.60. The van der Waals surface area contributed by atoms with Crippen molar-refractivity contribution in [2.45, 2.75) is 43.9 Å². The van der Waals surface area contributed by atoms with E-state index in [4.69, 9.17) is 4.74 Å². The molecule has 0 radical (unpaired) electrons. The van der Waals surface area contributed by atoms with Crippen molar-refractivity contribution in [2.24, 2.45) is 5.92 Å². The van der Waals surface area contributed by atoms with Crippen LogP contribution in [0.4, 0.5) is 0 Å². The third-order valence-corrected chi connectivity index (χ3v) is 7.19. The lowest BCUT2D eigenvalue weighted by Crippen LogP contribution is -2.52. The van der Waals surface area contributed by atoms with Crippen molar-refractivity contribution in [3.63, 3.8) is 0 Å². The van der Waals surface area contributed by atoms with E-state index in [2.05, 4.69) is 0 Å². The molecule has 1 saturated heterocycles. The first-order valence-electron chi connectivity index (χ1n) is 9.54. The van der Waals surface area contributed by atoms with E-state index in [0.29, 0.717) is 38.5 Å². The first kappa shape index (κ1) is 19.2. The molecule has 3 rings (SSSR count). The predicted molar refractivity (Wildman–Crippen MR) is 99.5 cm³/mol. The number of ether oxygens (including phenoxy) is 1. The summed E-state index contributed by atoms with van der Waals surface area (Å²) in [6, 6.07) is 6.53. The van der Waals surface area contributed by atoms with E-state index in [9.17, 15) is 13.2 Å². The normalized spacial score (nSPS) is 20.1. The Kier molecular flexibility index (Phi) is 6.19. The van der Waals surface area contributed by atoms with Crippen LogP contribution < -0.4 is 4.74 Å². The zero-order chi connectivity index (χ0) is 18.6. The first-order chi connectivity index (χ1) is 12.5. The fraction of sp³-hybridized carbons (Fsp3) is 0.632. The van der Waals surface area contributed by atoms with Crippen molar-refractivity contribution < 1.29 is 17.9 Å². The number of carbonyl (C=O) groups excluding carboxylic acids is 1. The SMILES string of the molecule is CCOc1ccc(S(=O)(=O)N2CCN(C(=O)C3CCCCC3)CC2)cc1. The van der Waals surface area contributed by atoms with Gasteiger partial charge in [0.1, 0.15) is 5.75 Å². The van der Waals surface area contributed by atoms with E-state index in [0.717, 1.165) is 25.7 Å². The van der Waals surface area contributed by atoms with Gasteiger partial charge in [-0.3, -0.25) is 4.79 Å². The topological polar surface area (TPSA) is 66.9 Å². The molecule has 26 heavy (non-hydrogen) atoms. The standard InChI is InChI=1S/C19H28N2O4S/c1-2-25-17-8-10-18(11-9-17)26(23,24)21-14-12-20(13-15-21)19(22)16-6-4-3-5-7-16/h8-11,16H,2-7,12-15H2,1H3. The highest BCUT2D eigenvalue weighted by molar-refractivity contribution is 7.89. The minimum atomic E-state index is -3.53. The minimum Gasteiger partial charge on any atom is -0.494 e. The molecule has 1 saturated carbocycles. The molecule has 1 aromatic carbocycles. The number of hydrogen-bond donors (Lipinski definition) is 0. The second-order valence-electron chi connectivity index (χ2n) is 6.97. The van der Waals surface area contributed by atoms with E-state index in [1.54, 1.807) is 24.3 Å². The Morgan fingerprint density at radius 2 is 1.65 bits per heavy atom. The third-order valence-electron chi connectivity index (χ3n) is 5.28. The predicted octanol–water partition coefficient (Wildman–Crippen LogP) is 2.50. The Morgan fingerprint density at radius 1 is 1.04 bits per heavy atom. The van der Waals surface area contributed by atoms with E-state index < -0.39 is 10.0 Å². The molecule has 1 amide bonds. The molecule has 144 valence electrons. The molecule has 1 heterocycles. The minimum absolute atomic E-state index is 0.137. The number of carbonyl (C=O) groups is 1. The van der Waals surface area contributed by atoms with Gasteiger partial charge in [-0.1, -0.05) is 19.3 Å². The zero-order valence-corrected chi connectivity index (χ0v) is 16.2. The van der Waals surface area contributed by atoms with Gasteiger partial charge in [0.15, 0.2) is 0 Å². The van der Waals surface area contributed by atoms with Gasteiger partial charge in [0.05, 0.1) is 11.5 Å². The average molecular weight is 381 g/mol. The highest BCUT2D eigenvalue weighted by Crippen LogP contribution is 2.26. The van der Waals surface area contributed by atoms with Gasteiger partial charge in [0.25, 0.3) is 0 Å². The second-order valence-corrected chi connectivity index (χ2v) is 8.91. The van der Waals surface area contributed by atoms with Crippen molar-refractivity contribution in [2.75, 3.05) is 32.8 Å². The maximum Gasteiger partial charge on any atom is 0.243 e. The van der Waals surface area contributed by atoms with Crippen molar-refractivity contribution in [1.82, 2.24) is 9.21 Å². The fourth-order valence-corrected chi connectivity index (χ4v) is 5.20. The van der Waals surface area contributed by atoms with E-state index in [1.165, 1.54) is 10.7 Å². The highest BCUT2D eigenvalue weighted by Gasteiger charge is 2.32. The maximum atomic E-state index is 12.8. The summed E-state index contributed by atoms with van der Waals surface area (Å²) in [6.07, 6.45) is 5.43. The van der Waals surface area contributed by atoms with Crippen LogP contribution in [0, 0.1) is 5.92 Å². The van der Waals surface area contributed by atoms with Crippen LogP contribution in [0.1, 0.15) is 39.0 Å². The molecule has 1 aliphatic carbocycles. The molecule has 7 heteroatoms. The lowest BCUT2D eigenvalue weighted by atomic mass is 9.88. The van der Waals surface area contributed by atoms with Crippen LogP contribution in [0.5, 0.6) is 5.75 Å². The van der Waals surface area contributed by atoms with Gasteiger partial charge in [-0.2, -0.15) is 4.31 Å². The maximum absolute atomic E-state index is 12.8. The van der Waals surface area contributed by atoms with Crippen LogP contribution in [-0.2, 0) is 14.8 Å². The number of rotatable bonds is 5. The molecule has 2 fully saturated rings. The van der Waals surface area contributed by atoms with Crippen LogP contribution in [0.25, 0.3) is 0 Å². The molecule has 1 aliphatic heterocycles. The van der Waals surface area contributed by atoms with Crippen LogP contribution in [0.2, 0.25) is 0 Å². The zero-order valence-electron chi connectivity index (χ0n) is 15.4. The quantitative estimate of drug-likeness (QED) is 0.787. The summed E-state index contributed by atoms with van der Waals surface area (Å²) < 4.78 is 32.5. The van der Waals surface area contributed by atoms with Gasteiger partial charge < -0.3 is 9.64 Å². The number of benzene rings is 1. The molecule has 6 nitrogen and oxygen atoms in total. The highest BCUT2D eigenvalue weighted by atomic mass is 32.2. The Morgan fingerprint density at radius 3 is 2.23 bits per heavy atom. The molecule has 2 aliphatic rings. The summed E-state index contributed by atoms with van der Waals surface area (Å²) in [5.41, 5.74) is 0. The molecule has 0 atom stereocenters.